The summed E-state index contributed by atoms with van der Waals surface area (Å²) in [4.78, 5) is 4.20. The summed E-state index contributed by atoms with van der Waals surface area (Å²) in [7, 11) is -3.41. The number of anilines is 2. The van der Waals surface area contributed by atoms with E-state index in [1.165, 1.54) is 21.9 Å². The fourth-order valence-electron chi connectivity index (χ4n) is 3.83. The van der Waals surface area contributed by atoms with Gasteiger partial charge in [0, 0.05) is 12.2 Å². The Morgan fingerprint density at radius 2 is 1.86 bits per heavy atom. The van der Waals surface area contributed by atoms with Crippen molar-refractivity contribution in [3.63, 3.8) is 0 Å². The number of aryl methyl sites for hydroxylation is 2. The molecule has 2 aliphatic rings. The molecule has 8 heteroatoms. The topological polar surface area (TPSA) is 87.8 Å². The van der Waals surface area contributed by atoms with E-state index in [2.05, 4.69) is 22.4 Å². The van der Waals surface area contributed by atoms with Crippen LogP contribution in [0.2, 0.25) is 0 Å². The van der Waals surface area contributed by atoms with Gasteiger partial charge in [0.2, 0.25) is 10.0 Å². The first-order chi connectivity index (χ1) is 13.0. The van der Waals surface area contributed by atoms with E-state index in [0.29, 0.717) is 6.54 Å². The third-order valence-corrected chi connectivity index (χ3v) is 6.93. The Kier molecular flexibility index (Phi) is 6.49. The predicted octanol–water partition coefficient (Wildman–Crippen LogP) is 2.91. The molecule has 1 heterocycles. The normalized spacial score (nSPS) is 15.7. The lowest BCUT2D eigenvalue weighted by Gasteiger charge is -2.19. The summed E-state index contributed by atoms with van der Waals surface area (Å²) in [5.41, 5.74) is 11.4. The number of fused-ring (bicyclic) bond motifs is 2. The Bertz CT molecular complexity index is 991. The molecule has 0 atom stereocenters. The van der Waals surface area contributed by atoms with Gasteiger partial charge >= 0.3 is 0 Å². The number of benzene rings is 2. The van der Waals surface area contributed by atoms with Gasteiger partial charge in [-0.2, -0.15) is 0 Å². The number of hydrogen-bond acceptors (Lipinski definition) is 3. The molecule has 2 aromatic rings. The van der Waals surface area contributed by atoms with Crippen LogP contribution in [0.3, 0.4) is 0 Å². The van der Waals surface area contributed by atoms with Crippen LogP contribution < -0.4 is 15.4 Å². The van der Waals surface area contributed by atoms with Gasteiger partial charge in [0.15, 0.2) is 5.96 Å². The van der Waals surface area contributed by atoms with Gasteiger partial charge in [-0.3, -0.25) is 9.30 Å². The molecule has 4 rings (SSSR count). The van der Waals surface area contributed by atoms with Crippen LogP contribution in [0.15, 0.2) is 47.5 Å². The molecule has 0 spiro atoms. The number of guanidine groups is 1. The van der Waals surface area contributed by atoms with Gasteiger partial charge in [-0.15, -0.1) is 24.0 Å². The van der Waals surface area contributed by atoms with Crippen molar-refractivity contribution >= 4 is 51.3 Å². The zero-order valence-electron chi connectivity index (χ0n) is 15.6. The van der Waals surface area contributed by atoms with Crippen molar-refractivity contribution in [2.75, 3.05) is 28.5 Å². The van der Waals surface area contributed by atoms with Crippen LogP contribution in [0.4, 0.5) is 11.4 Å². The Labute approximate surface area is 183 Å². The molecule has 0 amide bonds. The van der Waals surface area contributed by atoms with Gasteiger partial charge < -0.3 is 11.1 Å². The molecule has 0 fully saturated rings. The third-order valence-electron chi connectivity index (χ3n) is 5.18. The van der Waals surface area contributed by atoms with Crippen molar-refractivity contribution in [3.8, 4) is 0 Å². The van der Waals surface area contributed by atoms with Gasteiger partial charge in [-0.05, 0) is 60.6 Å². The number of nitrogens with zero attached hydrogens (tertiary/aromatic N) is 2. The highest BCUT2D eigenvalue weighted by molar-refractivity contribution is 14.0. The summed E-state index contributed by atoms with van der Waals surface area (Å²) in [6.45, 7) is 0.624. The molecule has 150 valence electrons. The van der Waals surface area contributed by atoms with Crippen molar-refractivity contribution in [1.82, 2.24) is 0 Å². The molecular weight excluding hydrogens is 487 g/mol. The number of aliphatic imine (C=N–C) groups is 1. The molecule has 0 radical (unpaired) electrons. The van der Waals surface area contributed by atoms with Crippen LogP contribution in [0, 0.1) is 0 Å². The zero-order valence-corrected chi connectivity index (χ0v) is 18.7. The first-order valence-electron chi connectivity index (χ1n) is 9.30. The molecular formula is C20H25IN4O2S. The first-order valence-corrected chi connectivity index (χ1v) is 10.9. The second kappa shape index (κ2) is 8.69. The highest BCUT2D eigenvalue weighted by atomic mass is 127. The largest absolute Gasteiger partial charge is 0.370 e. The minimum atomic E-state index is -3.41. The van der Waals surface area contributed by atoms with Gasteiger partial charge in [-0.25, -0.2) is 8.42 Å². The van der Waals surface area contributed by atoms with E-state index in [1.807, 2.05) is 30.3 Å². The third kappa shape index (κ3) is 4.43. The van der Waals surface area contributed by atoms with E-state index >= 15 is 0 Å². The SMILES string of the molecule is I.NC(=NCCS(=O)(=O)N1CCc2ccccc21)Nc1ccc2c(c1)CCC2. The number of para-hydroxylation sites is 1. The summed E-state index contributed by atoms with van der Waals surface area (Å²) in [6, 6.07) is 13.8. The van der Waals surface area contributed by atoms with Crippen LogP contribution in [-0.2, 0) is 29.3 Å². The van der Waals surface area contributed by atoms with Crippen molar-refractivity contribution in [3.05, 3.63) is 59.2 Å². The average molecular weight is 512 g/mol. The monoisotopic (exact) mass is 512 g/mol. The molecule has 0 aromatic heterocycles. The number of hydrogen-bond donors (Lipinski definition) is 2. The minimum Gasteiger partial charge on any atom is -0.370 e. The van der Waals surface area contributed by atoms with E-state index in [4.69, 9.17) is 5.73 Å². The van der Waals surface area contributed by atoms with E-state index in [-0.39, 0.29) is 42.2 Å². The van der Waals surface area contributed by atoms with Crippen molar-refractivity contribution in [2.24, 2.45) is 10.7 Å². The molecule has 0 saturated heterocycles. The maximum atomic E-state index is 12.7. The summed E-state index contributed by atoms with van der Waals surface area (Å²) in [5.74, 6) is 0.179. The molecule has 0 saturated carbocycles. The number of nitrogens with two attached hydrogens (primary N) is 1. The zero-order chi connectivity index (χ0) is 18.9. The lowest BCUT2D eigenvalue weighted by atomic mass is 10.1. The lowest BCUT2D eigenvalue weighted by Crippen LogP contribution is -2.33. The van der Waals surface area contributed by atoms with E-state index in [1.54, 1.807) is 0 Å². The second-order valence-electron chi connectivity index (χ2n) is 7.00. The highest BCUT2D eigenvalue weighted by Crippen LogP contribution is 2.30. The number of rotatable bonds is 5. The maximum absolute atomic E-state index is 12.7. The first kappa shape index (κ1) is 20.9. The Balaban J connectivity index is 0.00000225. The van der Waals surface area contributed by atoms with Gasteiger partial charge in [-0.1, -0.05) is 24.3 Å². The molecule has 1 aliphatic heterocycles. The number of halogens is 1. The van der Waals surface area contributed by atoms with E-state index in [9.17, 15) is 8.42 Å². The van der Waals surface area contributed by atoms with Crippen LogP contribution in [-0.4, -0.2) is 33.2 Å². The fourth-order valence-corrected chi connectivity index (χ4v) is 5.22. The Hall–Kier alpha value is -1.81. The van der Waals surface area contributed by atoms with Crippen LogP contribution in [0.1, 0.15) is 23.1 Å². The quantitative estimate of drug-likeness (QED) is 0.367. The molecule has 0 unspecified atom stereocenters. The van der Waals surface area contributed by atoms with Gasteiger partial charge in [0.05, 0.1) is 18.0 Å². The Morgan fingerprint density at radius 3 is 2.71 bits per heavy atom. The summed E-state index contributed by atoms with van der Waals surface area (Å²) in [5, 5.41) is 3.06. The molecule has 6 nitrogen and oxygen atoms in total. The van der Waals surface area contributed by atoms with Crippen molar-refractivity contribution in [2.45, 2.75) is 25.7 Å². The number of sulfonamides is 1. The van der Waals surface area contributed by atoms with Crippen LogP contribution >= 0.6 is 24.0 Å². The molecule has 1 aliphatic carbocycles. The molecule has 0 bridgehead atoms. The smallest absolute Gasteiger partial charge is 0.237 e. The minimum absolute atomic E-state index is 0. The second-order valence-corrected chi connectivity index (χ2v) is 9.01. The average Bonchev–Trinajstić information content (AvgIpc) is 3.28. The summed E-state index contributed by atoms with van der Waals surface area (Å²) in [6.07, 6.45) is 4.18. The Morgan fingerprint density at radius 1 is 1.07 bits per heavy atom. The summed E-state index contributed by atoms with van der Waals surface area (Å²) < 4.78 is 26.8. The fraction of sp³-hybridized carbons (Fsp3) is 0.350. The summed E-state index contributed by atoms with van der Waals surface area (Å²) >= 11 is 0. The maximum Gasteiger partial charge on any atom is 0.237 e. The molecule has 2 aromatic carbocycles. The highest BCUT2D eigenvalue weighted by Gasteiger charge is 2.28. The predicted molar refractivity (Wildman–Crippen MR) is 125 cm³/mol. The molecule has 3 N–H and O–H groups in total. The van der Waals surface area contributed by atoms with Crippen molar-refractivity contribution < 1.29 is 8.42 Å². The van der Waals surface area contributed by atoms with E-state index in [0.717, 1.165) is 36.2 Å². The van der Waals surface area contributed by atoms with Crippen LogP contribution in [0.5, 0.6) is 0 Å². The van der Waals surface area contributed by atoms with Crippen LogP contribution in [0.25, 0.3) is 0 Å². The standard InChI is InChI=1S/C20H24N4O2S.HI/c21-20(23-18-9-8-15-5-3-6-17(15)14-18)22-11-13-27(25,26)24-12-10-16-4-1-2-7-19(16)24;/h1-2,4,7-9,14H,3,5-6,10-13H2,(H3,21,22,23);1H. The van der Waals surface area contributed by atoms with E-state index < -0.39 is 10.0 Å². The molecule has 28 heavy (non-hydrogen) atoms. The van der Waals surface area contributed by atoms with Crippen molar-refractivity contribution in [1.29, 1.82) is 0 Å². The van der Waals surface area contributed by atoms with Gasteiger partial charge in [0.25, 0.3) is 0 Å². The lowest BCUT2D eigenvalue weighted by molar-refractivity contribution is 0.592. The number of nitrogens with one attached hydrogen (secondary N) is 1. The van der Waals surface area contributed by atoms with Gasteiger partial charge in [0.1, 0.15) is 0 Å².